The standard InChI is InChI=1S/C16H15F3N4O3/c17-16(18,19)9-5-1-4-8-7(9)3-2-6-10(8)21-14(25)12-11(20)13(24)23-15(26)22-12/h1,4-5,10H,2-3,6,20H2,(H,21,25)(H2,22,23,24,26)/t10-/m0/s1. The third-order valence-corrected chi connectivity index (χ3v) is 4.32. The van der Waals surface area contributed by atoms with Crippen molar-refractivity contribution in [1.82, 2.24) is 15.3 Å². The van der Waals surface area contributed by atoms with Gasteiger partial charge in [-0.3, -0.25) is 14.6 Å². The zero-order valence-corrected chi connectivity index (χ0v) is 13.4. The van der Waals surface area contributed by atoms with Crippen LogP contribution >= 0.6 is 0 Å². The number of hydrogen-bond acceptors (Lipinski definition) is 4. The van der Waals surface area contributed by atoms with Crippen molar-refractivity contribution in [3.63, 3.8) is 0 Å². The van der Waals surface area contributed by atoms with Gasteiger partial charge in [0.05, 0.1) is 11.6 Å². The lowest BCUT2D eigenvalue weighted by Gasteiger charge is -2.28. The fraction of sp³-hybridized carbons (Fsp3) is 0.312. The Kier molecular flexibility index (Phi) is 4.34. The molecule has 1 heterocycles. The number of rotatable bonds is 2. The average molecular weight is 368 g/mol. The number of halogens is 3. The number of H-pyrrole nitrogens is 2. The highest BCUT2D eigenvalue weighted by Crippen LogP contribution is 2.39. The Labute approximate surface area is 144 Å². The van der Waals surface area contributed by atoms with E-state index in [4.69, 9.17) is 5.73 Å². The molecule has 2 aromatic rings. The number of amides is 1. The molecule has 0 unspecified atom stereocenters. The number of aromatic amines is 2. The number of carbonyl (C=O) groups excluding carboxylic acids is 1. The number of alkyl halides is 3. The van der Waals surface area contributed by atoms with Crippen molar-refractivity contribution in [3.8, 4) is 0 Å². The predicted molar refractivity (Wildman–Crippen MR) is 86.7 cm³/mol. The molecule has 0 bridgehead atoms. The Balaban J connectivity index is 1.96. The molecule has 1 aliphatic rings. The highest BCUT2D eigenvalue weighted by atomic mass is 19.4. The van der Waals surface area contributed by atoms with Crippen LogP contribution in [0.4, 0.5) is 18.9 Å². The highest BCUT2D eigenvalue weighted by Gasteiger charge is 2.36. The monoisotopic (exact) mass is 368 g/mol. The lowest BCUT2D eigenvalue weighted by atomic mass is 9.84. The lowest BCUT2D eigenvalue weighted by Crippen LogP contribution is -2.36. The third-order valence-electron chi connectivity index (χ3n) is 4.32. The maximum atomic E-state index is 13.2. The molecule has 0 spiro atoms. The van der Waals surface area contributed by atoms with Gasteiger partial charge in [0.1, 0.15) is 11.4 Å². The molecule has 138 valence electrons. The molecule has 1 aromatic carbocycles. The first-order valence-electron chi connectivity index (χ1n) is 7.80. The molecule has 3 rings (SSSR count). The van der Waals surface area contributed by atoms with E-state index in [9.17, 15) is 27.6 Å². The van der Waals surface area contributed by atoms with Gasteiger partial charge in [-0.25, -0.2) is 4.79 Å². The quantitative estimate of drug-likeness (QED) is 0.641. The first-order chi connectivity index (χ1) is 12.2. The summed E-state index contributed by atoms with van der Waals surface area (Å²) in [6.45, 7) is 0. The van der Waals surface area contributed by atoms with Crippen LogP contribution in [0.15, 0.2) is 27.8 Å². The smallest absolute Gasteiger partial charge is 0.392 e. The minimum Gasteiger partial charge on any atom is -0.392 e. The molecule has 1 atom stereocenters. The van der Waals surface area contributed by atoms with Crippen LogP contribution in [0.2, 0.25) is 0 Å². The van der Waals surface area contributed by atoms with Gasteiger partial charge in [-0.1, -0.05) is 12.1 Å². The summed E-state index contributed by atoms with van der Waals surface area (Å²) in [5, 5.41) is 2.56. The fourth-order valence-corrected chi connectivity index (χ4v) is 3.17. The third kappa shape index (κ3) is 3.22. The number of nitrogens with two attached hydrogens (primary N) is 1. The number of nitrogen functional groups attached to an aromatic ring is 1. The number of carbonyl (C=O) groups is 1. The second-order valence-electron chi connectivity index (χ2n) is 5.99. The number of anilines is 1. The van der Waals surface area contributed by atoms with Crippen LogP contribution in [0.3, 0.4) is 0 Å². The molecule has 1 aromatic heterocycles. The molecule has 0 aliphatic heterocycles. The number of aromatic nitrogens is 2. The van der Waals surface area contributed by atoms with E-state index >= 15 is 0 Å². The molecule has 1 aliphatic carbocycles. The summed E-state index contributed by atoms with van der Waals surface area (Å²) in [6, 6.07) is 3.14. The number of hydrogen-bond donors (Lipinski definition) is 4. The summed E-state index contributed by atoms with van der Waals surface area (Å²) in [6.07, 6.45) is -3.36. The van der Waals surface area contributed by atoms with Crippen LogP contribution in [-0.2, 0) is 12.6 Å². The van der Waals surface area contributed by atoms with Crippen molar-refractivity contribution in [2.75, 3.05) is 5.73 Å². The summed E-state index contributed by atoms with van der Waals surface area (Å²) >= 11 is 0. The van der Waals surface area contributed by atoms with Gasteiger partial charge in [-0.15, -0.1) is 0 Å². The topological polar surface area (TPSA) is 121 Å². The van der Waals surface area contributed by atoms with Gasteiger partial charge in [0.15, 0.2) is 0 Å². The van der Waals surface area contributed by atoms with Crippen molar-refractivity contribution in [1.29, 1.82) is 0 Å². The molecule has 0 saturated carbocycles. The number of nitrogens with one attached hydrogen (secondary N) is 3. The van der Waals surface area contributed by atoms with E-state index in [1.165, 1.54) is 12.1 Å². The van der Waals surface area contributed by atoms with Crippen LogP contribution in [0.1, 0.15) is 46.1 Å². The molecule has 0 radical (unpaired) electrons. The van der Waals surface area contributed by atoms with Gasteiger partial charge in [-0.2, -0.15) is 13.2 Å². The van der Waals surface area contributed by atoms with Crippen molar-refractivity contribution < 1.29 is 18.0 Å². The maximum absolute atomic E-state index is 13.2. The summed E-state index contributed by atoms with van der Waals surface area (Å²) in [4.78, 5) is 39.3. The molecule has 1 amide bonds. The van der Waals surface area contributed by atoms with E-state index < -0.39 is 46.3 Å². The van der Waals surface area contributed by atoms with Crippen LogP contribution in [0.5, 0.6) is 0 Å². The van der Waals surface area contributed by atoms with Crippen LogP contribution in [-0.4, -0.2) is 15.9 Å². The average Bonchev–Trinajstić information content (AvgIpc) is 2.57. The Morgan fingerprint density at radius 2 is 1.96 bits per heavy atom. The van der Waals surface area contributed by atoms with E-state index in [2.05, 4.69) is 10.3 Å². The van der Waals surface area contributed by atoms with E-state index in [1.807, 2.05) is 4.98 Å². The fourth-order valence-electron chi connectivity index (χ4n) is 3.17. The summed E-state index contributed by atoms with van der Waals surface area (Å²) in [5.41, 5.74) is 2.59. The van der Waals surface area contributed by atoms with E-state index in [0.717, 1.165) is 6.07 Å². The second kappa shape index (κ2) is 6.36. The SMILES string of the molecule is Nc1c(C(=O)N[C@H]2CCCc3c2cccc3C(F)(F)F)[nH]c(=O)[nH]c1=O. The zero-order valence-electron chi connectivity index (χ0n) is 13.4. The van der Waals surface area contributed by atoms with Crippen LogP contribution in [0, 0.1) is 0 Å². The minimum atomic E-state index is -4.49. The van der Waals surface area contributed by atoms with Gasteiger partial charge < -0.3 is 16.0 Å². The molecule has 0 fully saturated rings. The van der Waals surface area contributed by atoms with Crippen LogP contribution < -0.4 is 22.3 Å². The Morgan fingerprint density at radius 3 is 2.65 bits per heavy atom. The molecule has 5 N–H and O–H groups in total. The predicted octanol–water partition coefficient (Wildman–Crippen LogP) is 1.47. The van der Waals surface area contributed by atoms with Gasteiger partial charge in [0.25, 0.3) is 11.5 Å². The highest BCUT2D eigenvalue weighted by molar-refractivity contribution is 5.97. The summed E-state index contributed by atoms with van der Waals surface area (Å²) in [7, 11) is 0. The Bertz CT molecular complexity index is 978. The largest absolute Gasteiger partial charge is 0.416 e. The molecular weight excluding hydrogens is 353 g/mol. The van der Waals surface area contributed by atoms with Crippen molar-refractivity contribution >= 4 is 11.6 Å². The van der Waals surface area contributed by atoms with E-state index in [1.54, 1.807) is 0 Å². The van der Waals surface area contributed by atoms with Crippen LogP contribution in [0.25, 0.3) is 0 Å². The lowest BCUT2D eigenvalue weighted by molar-refractivity contribution is -0.138. The first kappa shape index (κ1) is 17.8. The summed E-state index contributed by atoms with van der Waals surface area (Å²) in [5.74, 6) is -0.832. The molecule has 10 heteroatoms. The van der Waals surface area contributed by atoms with Gasteiger partial charge in [0, 0.05) is 0 Å². The normalized spacial score (nSPS) is 16.8. The van der Waals surface area contributed by atoms with Gasteiger partial charge in [0.2, 0.25) is 0 Å². The Morgan fingerprint density at radius 1 is 1.23 bits per heavy atom. The minimum absolute atomic E-state index is 0.143. The second-order valence-corrected chi connectivity index (χ2v) is 5.99. The van der Waals surface area contributed by atoms with Gasteiger partial charge in [-0.05, 0) is 36.5 Å². The van der Waals surface area contributed by atoms with Crippen molar-refractivity contribution in [2.24, 2.45) is 0 Å². The molecule has 0 saturated heterocycles. The van der Waals surface area contributed by atoms with Crippen molar-refractivity contribution in [2.45, 2.75) is 31.5 Å². The number of fused-ring (bicyclic) bond motifs is 1. The van der Waals surface area contributed by atoms with Crippen molar-refractivity contribution in [3.05, 3.63) is 61.4 Å². The van der Waals surface area contributed by atoms with Gasteiger partial charge >= 0.3 is 11.9 Å². The zero-order chi connectivity index (χ0) is 19.1. The molecule has 7 nitrogen and oxygen atoms in total. The van der Waals surface area contributed by atoms with E-state index in [0.29, 0.717) is 18.4 Å². The maximum Gasteiger partial charge on any atom is 0.416 e. The first-order valence-corrected chi connectivity index (χ1v) is 7.80. The molecule has 26 heavy (non-hydrogen) atoms. The Hall–Kier alpha value is -3.04. The number of benzene rings is 1. The molecular formula is C16H15F3N4O3. The summed E-state index contributed by atoms with van der Waals surface area (Å²) < 4.78 is 39.6. The van der Waals surface area contributed by atoms with E-state index in [-0.39, 0.29) is 12.0 Å².